The number of amides is 1. The average Bonchev–Trinajstić information content (AvgIpc) is 2.88. The van der Waals surface area contributed by atoms with Gasteiger partial charge < -0.3 is 4.74 Å². The quantitative estimate of drug-likeness (QED) is 0.391. The molecule has 4 heteroatoms. The third-order valence-corrected chi connectivity index (χ3v) is 1.70. The highest BCUT2D eigenvalue weighted by atomic mass is 16.7. The van der Waals surface area contributed by atoms with Crippen LogP contribution in [0.4, 0.5) is 0 Å². The topological polar surface area (TPSA) is 50.9 Å². The molecule has 0 spiro atoms. The predicted molar refractivity (Wildman–Crippen MR) is 47.9 cm³/mol. The number of nitrogens with one attached hydrogen (secondary N) is 1. The van der Waals surface area contributed by atoms with Gasteiger partial charge in [0.05, 0.1) is 6.61 Å². The maximum absolute atomic E-state index is 11.2. The molecule has 1 heterocycles. The fourth-order valence-electron chi connectivity index (χ4n) is 0.844. The number of allylic oxidation sites excluding steroid dienone is 1. The van der Waals surface area contributed by atoms with Gasteiger partial charge in [-0.2, -0.15) is 0 Å². The second-order valence-electron chi connectivity index (χ2n) is 2.99. The molecule has 13 heavy (non-hydrogen) atoms. The van der Waals surface area contributed by atoms with Crippen LogP contribution in [-0.4, -0.2) is 25.2 Å². The normalized spacial score (nSPS) is 21.4. The first-order chi connectivity index (χ1) is 6.24. The van der Waals surface area contributed by atoms with E-state index in [1.165, 1.54) is 0 Å². The largest absolute Gasteiger partial charge is 0.371 e. The van der Waals surface area contributed by atoms with Crippen molar-refractivity contribution in [3.05, 3.63) is 11.6 Å². The van der Waals surface area contributed by atoms with Gasteiger partial charge in [-0.25, -0.2) is 5.48 Å². The maximum Gasteiger partial charge on any atom is 0.270 e. The van der Waals surface area contributed by atoms with Crippen LogP contribution in [-0.2, 0) is 14.4 Å². The molecular weight excluding hydrogens is 170 g/mol. The summed E-state index contributed by atoms with van der Waals surface area (Å²) in [5.74, 6) is -0.178. The molecule has 0 aliphatic carbocycles. The van der Waals surface area contributed by atoms with E-state index in [0.717, 1.165) is 13.0 Å². The van der Waals surface area contributed by atoms with Gasteiger partial charge in [-0.3, -0.25) is 9.63 Å². The zero-order chi connectivity index (χ0) is 9.68. The monoisotopic (exact) mass is 185 g/mol. The van der Waals surface area contributed by atoms with Crippen LogP contribution in [0.2, 0.25) is 0 Å². The Morgan fingerprint density at radius 3 is 3.00 bits per heavy atom. The van der Waals surface area contributed by atoms with Crippen molar-refractivity contribution < 1.29 is 14.4 Å². The average molecular weight is 185 g/mol. The third-order valence-electron chi connectivity index (χ3n) is 1.70. The smallest absolute Gasteiger partial charge is 0.270 e. The molecule has 0 radical (unpaired) electrons. The van der Waals surface area contributed by atoms with Crippen LogP contribution in [0.15, 0.2) is 11.6 Å². The Kier molecular flexibility index (Phi) is 3.92. The number of hydroxylamine groups is 1. The van der Waals surface area contributed by atoms with Gasteiger partial charge in [0, 0.05) is 5.57 Å². The molecule has 1 aliphatic rings. The fraction of sp³-hybridized carbons (Fsp3) is 0.667. The summed E-state index contributed by atoms with van der Waals surface area (Å²) >= 11 is 0. The van der Waals surface area contributed by atoms with Crippen LogP contribution in [0.25, 0.3) is 0 Å². The second-order valence-corrected chi connectivity index (χ2v) is 2.99. The van der Waals surface area contributed by atoms with Gasteiger partial charge >= 0.3 is 0 Å². The van der Waals surface area contributed by atoms with Gasteiger partial charge in [0.2, 0.25) is 0 Å². The molecule has 1 saturated heterocycles. The first kappa shape index (κ1) is 10.2. The summed E-state index contributed by atoms with van der Waals surface area (Å²) < 4.78 is 4.91. The van der Waals surface area contributed by atoms with E-state index in [-0.39, 0.29) is 12.0 Å². The standard InChI is InChI=1S/C9H15NO3/c1-3-4-7(2)9(11)10-13-6-8-5-12-8/h4,8H,3,5-6H2,1-2H3,(H,10,11). The van der Waals surface area contributed by atoms with E-state index in [2.05, 4.69) is 5.48 Å². The Morgan fingerprint density at radius 1 is 1.77 bits per heavy atom. The lowest BCUT2D eigenvalue weighted by atomic mass is 10.2. The zero-order valence-electron chi connectivity index (χ0n) is 8.00. The Morgan fingerprint density at radius 2 is 2.46 bits per heavy atom. The second kappa shape index (κ2) is 4.99. The maximum atomic E-state index is 11.2. The highest BCUT2D eigenvalue weighted by Crippen LogP contribution is 2.07. The molecule has 1 N–H and O–H groups in total. The molecule has 0 aromatic carbocycles. The first-order valence-electron chi connectivity index (χ1n) is 4.44. The molecule has 1 atom stereocenters. The van der Waals surface area contributed by atoms with Gasteiger partial charge in [0.15, 0.2) is 0 Å². The van der Waals surface area contributed by atoms with Crippen molar-refractivity contribution in [2.24, 2.45) is 0 Å². The number of rotatable bonds is 5. The van der Waals surface area contributed by atoms with Gasteiger partial charge in [-0.15, -0.1) is 0 Å². The number of ether oxygens (including phenoxy) is 1. The fourth-order valence-corrected chi connectivity index (χ4v) is 0.844. The summed E-state index contributed by atoms with van der Waals surface area (Å²) in [6.45, 7) is 4.91. The summed E-state index contributed by atoms with van der Waals surface area (Å²) in [5, 5.41) is 0. The molecule has 0 aromatic rings. The summed E-state index contributed by atoms with van der Waals surface area (Å²) in [4.78, 5) is 16.1. The SMILES string of the molecule is CCC=C(C)C(=O)NOCC1CO1. The Bertz CT molecular complexity index is 209. The third kappa shape index (κ3) is 4.05. The number of epoxide rings is 1. The molecule has 1 rings (SSSR count). The molecule has 74 valence electrons. The molecule has 1 fully saturated rings. The van der Waals surface area contributed by atoms with Crippen molar-refractivity contribution >= 4 is 5.91 Å². The summed E-state index contributed by atoms with van der Waals surface area (Å²) in [5.41, 5.74) is 3.03. The first-order valence-corrected chi connectivity index (χ1v) is 4.44. The number of hydrogen-bond donors (Lipinski definition) is 1. The molecule has 1 unspecified atom stereocenters. The van der Waals surface area contributed by atoms with Gasteiger partial charge in [-0.05, 0) is 13.3 Å². The Hall–Kier alpha value is -0.870. The number of hydrogen-bond acceptors (Lipinski definition) is 3. The van der Waals surface area contributed by atoms with Crippen LogP contribution < -0.4 is 5.48 Å². The minimum atomic E-state index is -0.178. The zero-order valence-corrected chi connectivity index (χ0v) is 8.00. The molecular formula is C9H15NO3. The number of carbonyl (C=O) groups excluding carboxylic acids is 1. The number of carbonyl (C=O) groups is 1. The molecule has 0 saturated carbocycles. The van der Waals surface area contributed by atoms with Gasteiger partial charge in [0.25, 0.3) is 5.91 Å². The van der Waals surface area contributed by atoms with Crippen LogP contribution in [0, 0.1) is 0 Å². The van der Waals surface area contributed by atoms with E-state index in [1.807, 2.05) is 13.0 Å². The van der Waals surface area contributed by atoms with Crippen molar-refractivity contribution in [1.82, 2.24) is 5.48 Å². The van der Waals surface area contributed by atoms with Crippen molar-refractivity contribution in [2.45, 2.75) is 26.4 Å². The molecule has 1 amide bonds. The Labute approximate surface area is 77.9 Å². The van der Waals surface area contributed by atoms with Crippen molar-refractivity contribution in [1.29, 1.82) is 0 Å². The lowest BCUT2D eigenvalue weighted by Gasteiger charge is -2.03. The summed E-state index contributed by atoms with van der Waals surface area (Å²) in [7, 11) is 0. The molecule has 0 bridgehead atoms. The Balaban J connectivity index is 2.11. The highest BCUT2D eigenvalue weighted by Gasteiger charge is 2.22. The molecule has 0 aromatic heterocycles. The minimum absolute atomic E-state index is 0.177. The molecule has 4 nitrogen and oxygen atoms in total. The summed E-state index contributed by atoms with van der Waals surface area (Å²) in [6.07, 6.45) is 2.88. The van der Waals surface area contributed by atoms with Crippen LogP contribution in [0.5, 0.6) is 0 Å². The van der Waals surface area contributed by atoms with E-state index in [0.29, 0.717) is 12.2 Å². The van der Waals surface area contributed by atoms with Crippen LogP contribution in [0.1, 0.15) is 20.3 Å². The lowest BCUT2D eigenvalue weighted by molar-refractivity contribution is -0.129. The van der Waals surface area contributed by atoms with E-state index in [4.69, 9.17) is 9.57 Å². The van der Waals surface area contributed by atoms with Crippen molar-refractivity contribution in [2.75, 3.05) is 13.2 Å². The van der Waals surface area contributed by atoms with Gasteiger partial charge in [0.1, 0.15) is 12.7 Å². The van der Waals surface area contributed by atoms with E-state index >= 15 is 0 Å². The van der Waals surface area contributed by atoms with Crippen molar-refractivity contribution in [3.8, 4) is 0 Å². The minimum Gasteiger partial charge on any atom is -0.371 e. The predicted octanol–water partition coefficient (Wildman–Crippen LogP) is 0.789. The van der Waals surface area contributed by atoms with Crippen LogP contribution >= 0.6 is 0 Å². The van der Waals surface area contributed by atoms with E-state index in [1.54, 1.807) is 6.92 Å². The van der Waals surface area contributed by atoms with Crippen molar-refractivity contribution in [3.63, 3.8) is 0 Å². The highest BCUT2D eigenvalue weighted by molar-refractivity contribution is 5.91. The summed E-state index contributed by atoms with van der Waals surface area (Å²) in [6, 6.07) is 0. The molecule has 1 aliphatic heterocycles. The van der Waals surface area contributed by atoms with E-state index in [9.17, 15) is 4.79 Å². The lowest BCUT2D eigenvalue weighted by Crippen LogP contribution is -2.26. The van der Waals surface area contributed by atoms with Gasteiger partial charge in [-0.1, -0.05) is 13.0 Å². The van der Waals surface area contributed by atoms with Crippen LogP contribution in [0.3, 0.4) is 0 Å². The van der Waals surface area contributed by atoms with E-state index < -0.39 is 0 Å².